The van der Waals surface area contributed by atoms with Gasteiger partial charge in [-0.3, -0.25) is 4.79 Å². The Hall–Kier alpha value is -1.97. The van der Waals surface area contributed by atoms with Crippen LogP contribution in [0.5, 0.6) is 11.5 Å². The van der Waals surface area contributed by atoms with Crippen molar-refractivity contribution in [3.05, 3.63) is 35.9 Å². The number of hydrogen-bond acceptors (Lipinski definition) is 3. The van der Waals surface area contributed by atoms with Gasteiger partial charge in [-0.15, -0.1) is 0 Å². The molecule has 2 rings (SSSR count). The first kappa shape index (κ1) is 17.4. The van der Waals surface area contributed by atoms with E-state index in [1.807, 2.05) is 0 Å². The van der Waals surface area contributed by atoms with Crippen molar-refractivity contribution in [3.8, 4) is 11.5 Å². The van der Waals surface area contributed by atoms with Crippen LogP contribution in [0, 0.1) is 11.8 Å². The van der Waals surface area contributed by atoms with Crippen LogP contribution in [0.1, 0.15) is 50.5 Å². The molecule has 0 aromatic heterocycles. The average Bonchev–Trinajstić information content (AvgIpc) is 2.55. The molecule has 0 bridgehead atoms. The number of carbonyl (C=O) groups is 1. The number of phenols is 1. The summed E-state index contributed by atoms with van der Waals surface area (Å²) in [6.07, 6.45) is 9.78. The third kappa shape index (κ3) is 4.27. The van der Waals surface area contributed by atoms with Gasteiger partial charge in [0.25, 0.3) is 0 Å². The van der Waals surface area contributed by atoms with Crippen LogP contribution in [0.3, 0.4) is 0 Å². The van der Waals surface area contributed by atoms with Crippen LogP contribution in [-0.4, -0.2) is 18.1 Å². The van der Waals surface area contributed by atoms with Gasteiger partial charge in [0, 0.05) is 0 Å². The van der Waals surface area contributed by atoms with Gasteiger partial charge < -0.3 is 15.6 Å². The third-order valence-corrected chi connectivity index (χ3v) is 4.80. The first-order valence-electron chi connectivity index (χ1n) is 8.39. The first-order chi connectivity index (χ1) is 11.1. The number of aromatic hydroxyl groups is 1. The monoisotopic (exact) mass is 317 g/mol. The van der Waals surface area contributed by atoms with Crippen molar-refractivity contribution in [1.29, 1.82) is 0 Å². The molecule has 0 aliphatic heterocycles. The van der Waals surface area contributed by atoms with E-state index in [-0.39, 0.29) is 23.5 Å². The number of rotatable bonds is 6. The maximum absolute atomic E-state index is 12.0. The highest BCUT2D eigenvalue weighted by molar-refractivity contribution is 5.82. The van der Waals surface area contributed by atoms with Crippen molar-refractivity contribution in [2.24, 2.45) is 17.6 Å². The van der Waals surface area contributed by atoms with Crippen LogP contribution in [0.15, 0.2) is 30.4 Å². The van der Waals surface area contributed by atoms with Crippen molar-refractivity contribution < 1.29 is 14.6 Å². The van der Waals surface area contributed by atoms with Gasteiger partial charge in [0.05, 0.1) is 13.0 Å². The minimum Gasteiger partial charge on any atom is -0.504 e. The summed E-state index contributed by atoms with van der Waals surface area (Å²) in [6, 6.07) is 5.07. The molecule has 0 spiro atoms. The number of amides is 1. The topological polar surface area (TPSA) is 72.6 Å². The number of primary amides is 1. The van der Waals surface area contributed by atoms with Gasteiger partial charge in [-0.25, -0.2) is 0 Å². The van der Waals surface area contributed by atoms with Crippen LogP contribution in [0.2, 0.25) is 0 Å². The zero-order chi connectivity index (χ0) is 16.8. The second-order valence-corrected chi connectivity index (χ2v) is 6.32. The van der Waals surface area contributed by atoms with Gasteiger partial charge in [0.1, 0.15) is 0 Å². The Labute approximate surface area is 138 Å². The van der Waals surface area contributed by atoms with Crippen molar-refractivity contribution in [1.82, 2.24) is 0 Å². The molecule has 4 nitrogen and oxygen atoms in total. The quantitative estimate of drug-likeness (QED) is 0.785. The molecule has 0 radical (unpaired) electrons. The van der Waals surface area contributed by atoms with Gasteiger partial charge >= 0.3 is 0 Å². The van der Waals surface area contributed by atoms with E-state index in [4.69, 9.17) is 10.5 Å². The van der Waals surface area contributed by atoms with Crippen LogP contribution >= 0.6 is 0 Å². The van der Waals surface area contributed by atoms with Gasteiger partial charge in [-0.1, -0.05) is 25.1 Å². The molecule has 0 heterocycles. The van der Waals surface area contributed by atoms with Crippen LogP contribution in [0.4, 0.5) is 0 Å². The third-order valence-electron chi connectivity index (χ3n) is 4.80. The maximum atomic E-state index is 12.0. The minimum atomic E-state index is -0.319. The summed E-state index contributed by atoms with van der Waals surface area (Å²) in [5.74, 6) is 0.717. The molecule has 126 valence electrons. The van der Waals surface area contributed by atoms with Gasteiger partial charge in [-0.05, 0) is 61.6 Å². The molecule has 1 aliphatic rings. The van der Waals surface area contributed by atoms with Crippen molar-refractivity contribution in [2.45, 2.75) is 44.9 Å². The number of methoxy groups -OCH3 is 1. The molecule has 1 atom stereocenters. The lowest BCUT2D eigenvalue weighted by Crippen LogP contribution is -2.30. The van der Waals surface area contributed by atoms with Crippen molar-refractivity contribution >= 4 is 5.91 Å². The van der Waals surface area contributed by atoms with Crippen LogP contribution in [0.25, 0.3) is 0 Å². The molecule has 4 heteroatoms. The number of carbonyl (C=O) groups excluding carboxylic acids is 1. The van der Waals surface area contributed by atoms with Gasteiger partial charge in [0.15, 0.2) is 11.5 Å². The Morgan fingerprint density at radius 1 is 1.39 bits per heavy atom. The largest absolute Gasteiger partial charge is 0.504 e. The van der Waals surface area contributed by atoms with E-state index >= 15 is 0 Å². The number of ether oxygens (including phenoxy) is 1. The molecular formula is C19H27NO3. The molecule has 1 saturated carbocycles. The molecule has 1 aromatic rings. The van der Waals surface area contributed by atoms with E-state index in [9.17, 15) is 9.90 Å². The summed E-state index contributed by atoms with van der Waals surface area (Å²) in [5.41, 5.74) is 6.52. The van der Waals surface area contributed by atoms with Crippen molar-refractivity contribution in [3.63, 3.8) is 0 Å². The Kier molecular flexibility index (Phi) is 6.08. The minimum absolute atomic E-state index is 0.0767. The summed E-state index contributed by atoms with van der Waals surface area (Å²) < 4.78 is 5.15. The molecule has 1 aromatic carbocycles. The predicted octanol–water partition coefficient (Wildman–Crippen LogP) is 3.74. The summed E-state index contributed by atoms with van der Waals surface area (Å²) in [5, 5.41) is 9.73. The zero-order valence-electron chi connectivity index (χ0n) is 14.0. The summed E-state index contributed by atoms with van der Waals surface area (Å²) >= 11 is 0. The fourth-order valence-electron chi connectivity index (χ4n) is 3.56. The second-order valence-electron chi connectivity index (χ2n) is 6.32. The molecule has 1 fully saturated rings. The highest BCUT2D eigenvalue weighted by Gasteiger charge is 2.32. The zero-order valence-corrected chi connectivity index (χ0v) is 14.0. The fraction of sp³-hybridized carbons (Fsp3) is 0.526. The van der Waals surface area contributed by atoms with E-state index in [0.29, 0.717) is 11.7 Å². The smallest absolute Gasteiger partial charge is 0.225 e. The van der Waals surface area contributed by atoms with Crippen LogP contribution < -0.4 is 10.5 Å². The molecular weight excluding hydrogens is 290 g/mol. The van der Waals surface area contributed by atoms with Crippen molar-refractivity contribution in [2.75, 3.05) is 7.11 Å². The van der Waals surface area contributed by atoms with Crippen LogP contribution in [-0.2, 0) is 4.79 Å². The number of allylic oxidation sites excluding steroid dienone is 2. The Morgan fingerprint density at radius 3 is 2.65 bits per heavy atom. The second kappa shape index (κ2) is 8.04. The number of nitrogens with two attached hydrogens (primary N) is 1. The molecule has 0 saturated heterocycles. The first-order valence-corrected chi connectivity index (χ1v) is 8.39. The predicted molar refractivity (Wildman–Crippen MR) is 91.5 cm³/mol. The lowest BCUT2D eigenvalue weighted by atomic mass is 9.73. The maximum Gasteiger partial charge on any atom is 0.225 e. The lowest BCUT2D eigenvalue weighted by molar-refractivity contribution is -0.121. The molecule has 1 aliphatic carbocycles. The Bertz CT molecular complexity index is 560. The van der Waals surface area contributed by atoms with E-state index in [2.05, 4.69) is 19.1 Å². The van der Waals surface area contributed by atoms with Gasteiger partial charge in [-0.2, -0.15) is 0 Å². The van der Waals surface area contributed by atoms with E-state index in [1.165, 1.54) is 7.11 Å². The normalized spacial score (nSPS) is 22.9. The summed E-state index contributed by atoms with van der Waals surface area (Å²) in [6.45, 7) is 2.14. The molecule has 1 unspecified atom stereocenters. The highest BCUT2D eigenvalue weighted by atomic mass is 16.5. The van der Waals surface area contributed by atoms with Gasteiger partial charge in [0.2, 0.25) is 5.91 Å². The Balaban J connectivity index is 2.14. The SMILES string of the molecule is CC/C=C/C1CCC(C(C(N)=O)c2ccc(O)c(OC)c2)CC1. The van der Waals surface area contributed by atoms with E-state index in [1.54, 1.807) is 18.2 Å². The lowest BCUT2D eigenvalue weighted by Gasteiger charge is -2.32. The number of hydrogen-bond donors (Lipinski definition) is 2. The standard InChI is InChI=1S/C19H27NO3/c1-3-4-5-13-6-8-14(9-7-13)18(19(20)22)15-10-11-16(21)17(12-15)23-2/h4-5,10-14,18,21H,3,6-9H2,1-2H3,(H2,20,22)/b5-4+. The Morgan fingerprint density at radius 2 is 2.09 bits per heavy atom. The molecule has 3 N–H and O–H groups in total. The van der Waals surface area contributed by atoms with E-state index in [0.717, 1.165) is 37.7 Å². The molecule has 23 heavy (non-hydrogen) atoms. The average molecular weight is 317 g/mol. The van der Waals surface area contributed by atoms with E-state index < -0.39 is 0 Å². The number of benzene rings is 1. The number of phenolic OH excluding ortho intramolecular Hbond substituents is 1. The summed E-state index contributed by atoms with van der Waals surface area (Å²) in [7, 11) is 1.50. The molecule has 1 amide bonds. The fourth-order valence-corrected chi connectivity index (χ4v) is 3.56. The highest BCUT2D eigenvalue weighted by Crippen LogP contribution is 2.40. The summed E-state index contributed by atoms with van der Waals surface area (Å²) in [4.78, 5) is 12.0.